The normalized spacial score (nSPS) is 10.4. The number of urea groups is 1. The number of methoxy groups -OCH3 is 1. The molecular formula is C17H13F2N3O2S. The molecule has 2 aromatic carbocycles. The third kappa shape index (κ3) is 3.92. The zero-order valence-electron chi connectivity index (χ0n) is 13.0. The van der Waals surface area contributed by atoms with E-state index in [1.54, 1.807) is 24.3 Å². The number of amides is 2. The molecule has 25 heavy (non-hydrogen) atoms. The van der Waals surface area contributed by atoms with Gasteiger partial charge in [-0.15, -0.1) is 11.3 Å². The van der Waals surface area contributed by atoms with E-state index in [-0.39, 0.29) is 0 Å². The Morgan fingerprint density at radius 2 is 1.88 bits per heavy atom. The molecule has 0 bridgehead atoms. The van der Waals surface area contributed by atoms with Gasteiger partial charge >= 0.3 is 6.03 Å². The van der Waals surface area contributed by atoms with Gasteiger partial charge in [-0.3, -0.25) is 10.3 Å². The molecule has 128 valence electrons. The first-order valence-corrected chi connectivity index (χ1v) is 8.05. The number of nitrogens with one attached hydrogen (secondary N) is 2. The van der Waals surface area contributed by atoms with Gasteiger partial charge in [0.2, 0.25) is 0 Å². The van der Waals surface area contributed by atoms with Gasteiger partial charge in [0.1, 0.15) is 28.1 Å². The van der Waals surface area contributed by atoms with Crippen LogP contribution in [-0.2, 0) is 0 Å². The first-order chi connectivity index (χ1) is 12.1. The van der Waals surface area contributed by atoms with Crippen LogP contribution in [0.15, 0.2) is 48.1 Å². The summed E-state index contributed by atoms with van der Waals surface area (Å²) >= 11 is 1.19. The van der Waals surface area contributed by atoms with Gasteiger partial charge in [-0.2, -0.15) is 0 Å². The van der Waals surface area contributed by atoms with Crippen LogP contribution in [0.2, 0.25) is 0 Å². The van der Waals surface area contributed by atoms with Gasteiger partial charge in [0.15, 0.2) is 0 Å². The number of thiazole rings is 1. The summed E-state index contributed by atoms with van der Waals surface area (Å²) in [5.74, 6) is -1.18. The Bertz CT molecular complexity index is 878. The minimum absolute atomic E-state index is 0.335. The second-order valence-electron chi connectivity index (χ2n) is 4.99. The molecule has 3 rings (SSSR count). The lowest BCUT2D eigenvalue weighted by Crippen LogP contribution is -2.20. The molecule has 0 atom stereocenters. The summed E-state index contributed by atoms with van der Waals surface area (Å²) in [5, 5.41) is 5.08. The summed E-state index contributed by atoms with van der Waals surface area (Å²) in [6.07, 6.45) is 1.43. The lowest BCUT2D eigenvalue weighted by molar-refractivity contribution is 0.262. The molecule has 0 radical (unpaired) electrons. The Morgan fingerprint density at radius 3 is 2.52 bits per heavy atom. The van der Waals surface area contributed by atoms with E-state index >= 15 is 0 Å². The Kier molecular flexibility index (Phi) is 4.90. The van der Waals surface area contributed by atoms with Gasteiger partial charge in [-0.05, 0) is 35.4 Å². The molecule has 8 heteroatoms. The summed E-state index contributed by atoms with van der Waals surface area (Å²) in [4.78, 5) is 15.6. The maximum absolute atomic E-state index is 14.3. The fourth-order valence-electron chi connectivity index (χ4n) is 2.20. The second kappa shape index (κ2) is 7.27. The highest BCUT2D eigenvalue weighted by Gasteiger charge is 2.15. The molecule has 0 aliphatic rings. The number of benzene rings is 2. The molecule has 2 N–H and O–H groups in total. The largest absolute Gasteiger partial charge is 0.497 e. The average Bonchev–Trinajstić information content (AvgIpc) is 3.11. The van der Waals surface area contributed by atoms with Gasteiger partial charge in [-0.1, -0.05) is 12.1 Å². The zero-order valence-corrected chi connectivity index (χ0v) is 13.9. The third-order valence-corrected chi connectivity index (χ3v) is 4.04. The number of carbonyl (C=O) groups is 1. The summed E-state index contributed by atoms with van der Waals surface area (Å²) in [5.41, 5.74) is 1.94. The molecular weight excluding hydrogens is 348 g/mol. The summed E-state index contributed by atoms with van der Waals surface area (Å²) in [6, 6.07) is 8.38. The van der Waals surface area contributed by atoms with Crippen molar-refractivity contribution >= 4 is 28.1 Å². The van der Waals surface area contributed by atoms with Crippen LogP contribution < -0.4 is 15.4 Å². The van der Waals surface area contributed by atoms with E-state index in [9.17, 15) is 13.6 Å². The number of aromatic nitrogens is 1. The van der Waals surface area contributed by atoms with Crippen molar-refractivity contribution in [3.63, 3.8) is 0 Å². The predicted octanol–water partition coefficient (Wildman–Crippen LogP) is 4.74. The Labute approximate surface area is 146 Å². The number of halogens is 2. The predicted molar refractivity (Wildman–Crippen MR) is 93.1 cm³/mol. The van der Waals surface area contributed by atoms with Crippen molar-refractivity contribution in [2.24, 2.45) is 0 Å². The van der Waals surface area contributed by atoms with Crippen molar-refractivity contribution in [3.05, 3.63) is 59.7 Å². The molecule has 0 aliphatic carbocycles. The number of anilines is 2. The van der Waals surface area contributed by atoms with Crippen LogP contribution in [0.5, 0.6) is 5.75 Å². The second-order valence-corrected chi connectivity index (χ2v) is 5.88. The van der Waals surface area contributed by atoms with E-state index in [4.69, 9.17) is 4.74 Å². The van der Waals surface area contributed by atoms with Crippen LogP contribution >= 0.6 is 11.3 Å². The fraction of sp³-hybridized carbons (Fsp3) is 0.0588. The molecule has 5 nitrogen and oxygen atoms in total. The molecule has 0 aliphatic heterocycles. The van der Waals surface area contributed by atoms with Crippen LogP contribution in [0.25, 0.3) is 11.1 Å². The lowest BCUT2D eigenvalue weighted by Gasteiger charge is -2.11. The van der Waals surface area contributed by atoms with Gasteiger partial charge in [0.25, 0.3) is 0 Å². The SMILES string of the molecule is COc1cccc(-c2cc(F)c(NC(=O)Nc3cncs3)c(F)c2)c1. The Morgan fingerprint density at radius 1 is 1.12 bits per heavy atom. The number of ether oxygens (including phenoxy) is 1. The highest BCUT2D eigenvalue weighted by molar-refractivity contribution is 7.14. The van der Waals surface area contributed by atoms with Crippen molar-refractivity contribution in [1.29, 1.82) is 0 Å². The van der Waals surface area contributed by atoms with Crippen LogP contribution in [-0.4, -0.2) is 18.1 Å². The van der Waals surface area contributed by atoms with Gasteiger partial charge < -0.3 is 10.1 Å². The zero-order chi connectivity index (χ0) is 17.8. The van der Waals surface area contributed by atoms with Crippen LogP contribution in [0, 0.1) is 11.6 Å². The molecule has 0 saturated heterocycles. The van der Waals surface area contributed by atoms with Crippen LogP contribution in [0.4, 0.5) is 24.3 Å². The van der Waals surface area contributed by atoms with Crippen molar-refractivity contribution in [3.8, 4) is 16.9 Å². The van der Waals surface area contributed by atoms with Crippen molar-refractivity contribution in [2.45, 2.75) is 0 Å². The molecule has 0 unspecified atom stereocenters. The number of rotatable bonds is 4. The molecule has 0 fully saturated rings. The van der Waals surface area contributed by atoms with Crippen molar-refractivity contribution < 1.29 is 18.3 Å². The smallest absolute Gasteiger partial charge is 0.324 e. The molecule has 1 heterocycles. The van der Waals surface area contributed by atoms with Gasteiger partial charge in [0.05, 0.1) is 18.8 Å². The average molecular weight is 361 g/mol. The number of hydrogen-bond acceptors (Lipinski definition) is 4. The first-order valence-electron chi connectivity index (χ1n) is 7.17. The first kappa shape index (κ1) is 16.8. The van der Waals surface area contributed by atoms with Gasteiger partial charge in [-0.25, -0.2) is 13.6 Å². The quantitative estimate of drug-likeness (QED) is 0.705. The topological polar surface area (TPSA) is 63.2 Å². The molecule has 1 aromatic heterocycles. The van der Waals surface area contributed by atoms with E-state index in [1.807, 2.05) is 0 Å². The van der Waals surface area contributed by atoms with Crippen molar-refractivity contribution in [2.75, 3.05) is 17.7 Å². The van der Waals surface area contributed by atoms with Crippen LogP contribution in [0.1, 0.15) is 0 Å². The standard InChI is InChI=1S/C17H13F2N3O2S/c1-24-12-4-2-3-10(5-12)11-6-13(18)16(14(19)7-11)22-17(23)21-15-8-20-9-25-15/h2-9H,1H3,(H2,21,22,23). The fourth-order valence-corrected chi connectivity index (χ4v) is 2.70. The summed E-state index contributed by atoms with van der Waals surface area (Å²) in [6.45, 7) is 0. The van der Waals surface area contributed by atoms with E-state index in [0.717, 1.165) is 12.1 Å². The summed E-state index contributed by atoms with van der Waals surface area (Å²) < 4.78 is 33.7. The molecule has 2 amide bonds. The Balaban J connectivity index is 1.83. The number of hydrogen-bond donors (Lipinski definition) is 2. The maximum atomic E-state index is 14.3. The minimum atomic E-state index is -0.878. The van der Waals surface area contributed by atoms with E-state index in [0.29, 0.717) is 21.9 Å². The summed E-state index contributed by atoms with van der Waals surface area (Å²) in [7, 11) is 1.51. The number of carbonyl (C=O) groups excluding carboxylic acids is 1. The van der Waals surface area contributed by atoms with Crippen LogP contribution in [0.3, 0.4) is 0 Å². The lowest BCUT2D eigenvalue weighted by atomic mass is 10.0. The molecule has 3 aromatic rings. The highest BCUT2D eigenvalue weighted by atomic mass is 32.1. The third-order valence-electron chi connectivity index (χ3n) is 3.35. The molecule has 0 saturated carbocycles. The van der Waals surface area contributed by atoms with Gasteiger partial charge in [0, 0.05) is 0 Å². The minimum Gasteiger partial charge on any atom is -0.497 e. The number of nitrogens with zero attached hydrogens (tertiary/aromatic N) is 1. The molecule has 0 spiro atoms. The highest BCUT2D eigenvalue weighted by Crippen LogP contribution is 2.29. The van der Waals surface area contributed by atoms with E-state index < -0.39 is 23.4 Å². The monoisotopic (exact) mass is 361 g/mol. The van der Waals surface area contributed by atoms with E-state index in [1.165, 1.54) is 30.2 Å². The van der Waals surface area contributed by atoms with Crippen molar-refractivity contribution in [1.82, 2.24) is 4.98 Å². The van der Waals surface area contributed by atoms with E-state index in [2.05, 4.69) is 15.6 Å². The maximum Gasteiger partial charge on any atom is 0.324 e. The Hall–Kier alpha value is -3.00.